The molecule has 0 radical (unpaired) electrons. The van der Waals surface area contributed by atoms with Gasteiger partial charge in [0.1, 0.15) is 17.4 Å². The summed E-state index contributed by atoms with van der Waals surface area (Å²) in [5.41, 5.74) is 3.14. The first-order valence-electron chi connectivity index (χ1n) is 8.51. The quantitative estimate of drug-likeness (QED) is 0.497. The zero-order valence-electron chi connectivity index (χ0n) is 14.7. The van der Waals surface area contributed by atoms with Crippen LogP contribution in [0.25, 0.3) is 21.3 Å². The maximum Gasteiger partial charge on any atom is 0.355 e. The smallest absolute Gasteiger partial charge is 0.355 e. The number of benzene rings is 3. The van der Waals surface area contributed by atoms with Gasteiger partial charge in [0.05, 0.1) is 5.56 Å². The molecule has 4 aromatic rings. The molecule has 4 nitrogen and oxygen atoms in total. The van der Waals surface area contributed by atoms with E-state index in [9.17, 15) is 9.90 Å². The van der Waals surface area contributed by atoms with Crippen LogP contribution in [-0.2, 0) is 6.61 Å². The number of rotatable bonds is 5. The average Bonchev–Trinajstić information content (AvgIpc) is 3.16. The van der Waals surface area contributed by atoms with Gasteiger partial charge in [-0.05, 0) is 29.3 Å². The van der Waals surface area contributed by atoms with E-state index in [-0.39, 0.29) is 5.69 Å². The molecule has 3 aromatic carbocycles. The largest absolute Gasteiger partial charge is 0.488 e. The maximum absolute atomic E-state index is 11.2. The minimum atomic E-state index is -1.03. The van der Waals surface area contributed by atoms with Crippen molar-refractivity contribution in [3.05, 3.63) is 82.9 Å². The van der Waals surface area contributed by atoms with Crippen LogP contribution in [0.1, 0.15) is 21.6 Å². The van der Waals surface area contributed by atoms with E-state index in [1.807, 2.05) is 61.5 Å². The number of aromatic nitrogens is 1. The molecule has 134 valence electrons. The molecule has 0 aliphatic rings. The third-order valence-electron chi connectivity index (χ3n) is 4.30. The molecular weight excluding hydrogens is 358 g/mol. The number of nitrogens with zero attached hydrogens (tertiary/aromatic N) is 1. The number of ether oxygens (including phenoxy) is 1. The fraction of sp³-hybridized carbons (Fsp3) is 0.0909. The third-order valence-corrected chi connectivity index (χ3v) is 5.16. The van der Waals surface area contributed by atoms with E-state index in [1.54, 1.807) is 5.38 Å². The van der Waals surface area contributed by atoms with E-state index in [1.165, 1.54) is 16.9 Å². The Kier molecular flexibility index (Phi) is 4.60. The summed E-state index contributed by atoms with van der Waals surface area (Å²) in [6.45, 7) is 2.48. The van der Waals surface area contributed by atoms with Crippen LogP contribution in [0.2, 0.25) is 0 Å². The first kappa shape index (κ1) is 17.2. The Balaban J connectivity index is 1.78. The topological polar surface area (TPSA) is 59.4 Å². The Morgan fingerprint density at radius 2 is 1.96 bits per heavy atom. The predicted octanol–water partition coefficient (Wildman–Crippen LogP) is 5.55. The van der Waals surface area contributed by atoms with Gasteiger partial charge in [0.15, 0.2) is 5.69 Å². The van der Waals surface area contributed by atoms with Gasteiger partial charge >= 0.3 is 5.97 Å². The van der Waals surface area contributed by atoms with E-state index < -0.39 is 5.97 Å². The van der Waals surface area contributed by atoms with Crippen molar-refractivity contribution in [1.82, 2.24) is 4.98 Å². The SMILES string of the molecule is Cc1cccc(COc2ccc3ccccc3c2-c2nc(C(=O)O)cs2)c1. The summed E-state index contributed by atoms with van der Waals surface area (Å²) in [5, 5.41) is 13.5. The van der Waals surface area contributed by atoms with Crippen LogP contribution in [0.15, 0.2) is 66.0 Å². The molecular formula is C22H17NO3S. The molecule has 0 unspecified atom stereocenters. The van der Waals surface area contributed by atoms with Crippen LogP contribution in [0.3, 0.4) is 0 Å². The van der Waals surface area contributed by atoms with Gasteiger partial charge in [0, 0.05) is 5.38 Å². The van der Waals surface area contributed by atoms with Crippen molar-refractivity contribution in [3.8, 4) is 16.3 Å². The minimum absolute atomic E-state index is 0.0487. The highest BCUT2D eigenvalue weighted by Gasteiger charge is 2.17. The molecule has 0 aliphatic carbocycles. The molecule has 4 rings (SSSR count). The Hall–Kier alpha value is -3.18. The highest BCUT2D eigenvalue weighted by Crippen LogP contribution is 2.39. The van der Waals surface area contributed by atoms with Gasteiger partial charge in [0.2, 0.25) is 0 Å². The monoisotopic (exact) mass is 375 g/mol. The first-order chi connectivity index (χ1) is 13.1. The van der Waals surface area contributed by atoms with E-state index in [2.05, 4.69) is 11.1 Å². The van der Waals surface area contributed by atoms with Gasteiger partial charge in [-0.25, -0.2) is 9.78 Å². The highest BCUT2D eigenvalue weighted by molar-refractivity contribution is 7.13. The van der Waals surface area contributed by atoms with E-state index >= 15 is 0 Å². The second-order valence-electron chi connectivity index (χ2n) is 6.28. The number of carbonyl (C=O) groups is 1. The highest BCUT2D eigenvalue weighted by atomic mass is 32.1. The Morgan fingerprint density at radius 3 is 2.74 bits per heavy atom. The van der Waals surface area contributed by atoms with Gasteiger partial charge in [0.25, 0.3) is 0 Å². The summed E-state index contributed by atoms with van der Waals surface area (Å²) in [7, 11) is 0. The summed E-state index contributed by atoms with van der Waals surface area (Å²) < 4.78 is 6.13. The lowest BCUT2D eigenvalue weighted by Crippen LogP contribution is -1.99. The normalized spacial score (nSPS) is 10.9. The summed E-state index contributed by atoms with van der Waals surface area (Å²) >= 11 is 1.31. The van der Waals surface area contributed by atoms with Gasteiger partial charge in [-0.15, -0.1) is 11.3 Å². The average molecular weight is 375 g/mol. The van der Waals surface area contributed by atoms with E-state index in [0.717, 1.165) is 21.9 Å². The number of carboxylic acid groups (broad SMARTS) is 1. The minimum Gasteiger partial charge on any atom is -0.488 e. The van der Waals surface area contributed by atoms with Crippen molar-refractivity contribution in [2.45, 2.75) is 13.5 Å². The van der Waals surface area contributed by atoms with Crippen LogP contribution in [0.5, 0.6) is 5.75 Å². The lowest BCUT2D eigenvalue weighted by atomic mass is 10.0. The predicted molar refractivity (Wildman–Crippen MR) is 108 cm³/mol. The molecule has 5 heteroatoms. The second-order valence-corrected chi connectivity index (χ2v) is 7.14. The molecule has 27 heavy (non-hydrogen) atoms. The molecule has 0 saturated carbocycles. The zero-order valence-corrected chi connectivity index (χ0v) is 15.5. The fourth-order valence-corrected chi connectivity index (χ4v) is 3.90. The van der Waals surface area contributed by atoms with Crippen LogP contribution < -0.4 is 4.74 Å². The van der Waals surface area contributed by atoms with Crippen molar-refractivity contribution < 1.29 is 14.6 Å². The van der Waals surface area contributed by atoms with Gasteiger partial charge in [-0.3, -0.25) is 0 Å². The zero-order chi connectivity index (χ0) is 18.8. The molecule has 0 aliphatic heterocycles. The number of aromatic carboxylic acids is 1. The van der Waals surface area contributed by atoms with Crippen LogP contribution >= 0.6 is 11.3 Å². The number of hydrogen-bond donors (Lipinski definition) is 1. The lowest BCUT2D eigenvalue weighted by molar-refractivity contribution is 0.0691. The molecule has 1 aromatic heterocycles. The van der Waals surface area contributed by atoms with Gasteiger partial charge in [-0.2, -0.15) is 0 Å². The Morgan fingerprint density at radius 1 is 1.11 bits per heavy atom. The van der Waals surface area contributed by atoms with E-state index in [0.29, 0.717) is 17.4 Å². The molecule has 0 saturated heterocycles. The van der Waals surface area contributed by atoms with Crippen molar-refractivity contribution in [3.63, 3.8) is 0 Å². The van der Waals surface area contributed by atoms with Crippen LogP contribution in [0, 0.1) is 6.92 Å². The van der Waals surface area contributed by atoms with Gasteiger partial charge in [-0.1, -0.05) is 60.2 Å². The molecule has 0 fully saturated rings. The number of hydrogen-bond acceptors (Lipinski definition) is 4. The molecule has 1 N–H and O–H groups in total. The Bertz CT molecular complexity index is 1130. The summed E-state index contributed by atoms with van der Waals surface area (Å²) in [4.78, 5) is 15.5. The molecule has 0 spiro atoms. The Labute approximate surface area is 160 Å². The second kappa shape index (κ2) is 7.21. The molecule has 0 bridgehead atoms. The number of fused-ring (bicyclic) bond motifs is 1. The van der Waals surface area contributed by atoms with Crippen molar-refractivity contribution >= 4 is 28.1 Å². The fourth-order valence-electron chi connectivity index (χ4n) is 3.04. The van der Waals surface area contributed by atoms with Crippen molar-refractivity contribution in [1.29, 1.82) is 0 Å². The number of aryl methyl sites for hydroxylation is 1. The van der Waals surface area contributed by atoms with Crippen molar-refractivity contribution in [2.24, 2.45) is 0 Å². The summed E-state index contributed by atoms with van der Waals surface area (Å²) in [6.07, 6.45) is 0. The van der Waals surface area contributed by atoms with Crippen LogP contribution in [-0.4, -0.2) is 16.1 Å². The van der Waals surface area contributed by atoms with Crippen molar-refractivity contribution in [2.75, 3.05) is 0 Å². The number of carboxylic acids is 1. The molecule has 0 amide bonds. The number of thiazole rings is 1. The van der Waals surface area contributed by atoms with E-state index in [4.69, 9.17) is 4.74 Å². The lowest BCUT2D eigenvalue weighted by Gasteiger charge is -2.13. The maximum atomic E-state index is 11.2. The first-order valence-corrected chi connectivity index (χ1v) is 9.39. The molecule has 1 heterocycles. The standard InChI is InChI=1S/C22H17NO3S/c1-14-5-4-6-15(11-14)12-26-19-10-9-16-7-2-3-8-17(16)20(19)21-23-18(13-27-21)22(24)25/h2-11,13H,12H2,1H3,(H,24,25). The molecule has 0 atom stereocenters. The summed E-state index contributed by atoms with van der Waals surface area (Å²) in [6, 6.07) is 20.1. The third kappa shape index (κ3) is 3.55. The van der Waals surface area contributed by atoms with Gasteiger partial charge < -0.3 is 9.84 Å². The van der Waals surface area contributed by atoms with Crippen LogP contribution in [0.4, 0.5) is 0 Å². The summed E-state index contributed by atoms with van der Waals surface area (Å²) in [5.74, 6) is -0.332.